The van der Waals surface area contributed by atoms with E-state index in [0.717, 1.165) is 33.3 Å². The van der Waals surface area contributed by atoms with Crippen LogP contribution in [0.25, 0.3) is 22.0 Å². The lowest BCUT2D eigenvalue weighted by molar-refractivity contribution is 0.0548. The van der Waals surface area contributed by atoms with Gasteiger partial charge in [0.15, 0.2) is 0 Å². The fourth-order valence-corrected chi connectivity index (χ4v) is 4.31. The molecule has 7 heteroatoms. The van der Waals surface area contributed by atoms with E-state index < -0.39 is 0 Å². The Balaban J connectivity index is 1.42. The number of rotatable bonds is 5. The van der Waals surface area contributed by atoms with E-state index in [1.54, 1.807) is 17.0 Å². The number of carbonyl (C=O) groups is 2. The van der Waals surface area contributed by atoms with Crippen LogP contribution < -0.4 is 4.90 Å². The molecule has 0 aliphatic carbocycles. The summed E-state index contributed by atoms with van der Waals surface area (Å²) in [7, 11) is 1.36. The number of hydrogen-bond acceptors (Lipinski definition) is 4. The van der Waals surface area contributed by atoms with Crippen molar-refractivity contribution in [1.29, 1.82) is 0 Å². The second-order valence-corrected chi connectivity index (χ2v) is 8.48. The first kappa shape index (κ1) is 22.7. The number of anilines is 1. The van der Waals surface area contributed by atoms with Crippen LogP contribution in [-0.2, 0) is 16.0 Å². The van der Waals surface area contributed by atoms with Crippen molar-refractivity contribution in [3.63, 3.8) is 0 Å². The summed E-state index contributed by atoms with van der Waals surface area (Å²) >= 11 is 0. The molecule has 0 spiro atoms. The molecule has 3 aromatic carbocycles. The van der Waals surface area contributed by atoms with Crippen molar-refractivity contribution >= 4 is 28.6 Å². The van der Waals surface area contributed by atoms with Crippen molar-refractivity contribution in [2.45, 2.75) is 6.54 Å². The van der Waals surface area contributed by atoms with Crippen molar-refractivity contribution in [2.75, 3.05) is 38.3 Å². The van der Waals surface area contributed by atoms with Gasteiger partial charge >= 0.3 is 12.0 Å². The molecular weight excluding hydrogens is 442 g/mol. The van der Waals surface area contributed by atoms with Crippen LogP contribution in [-0.4, -0.2) is 55.3 Å². The minimum Gasteiger partial charge on any atom is -0.465 e. The van der Waals surface area contributed by atoms with Crippen molar-refractivity contribution in [3.05, 3.63) is 90.1 Å². The zero-order valence-electron chi connectivity index (χ0n) is 19.6. The summed E-state index contributed by atoms with van der Waals surface area (Å²) in [6.45, 7) is 2.57. The van der Waals surface area contributed by atoms with Crippen LogP contribution in [0.3, 0.4) is 0 Å². The maximum absolute atomic E-state index is 13.5. The van der Waals surface area contributed by atoms with Crippen molar-refractivity contribution in [1.82, 2.24) is 9.88 Å². The molecule has 1 aromatic heterocycles. The van der Waals surface area contributed by atoms with Gasteiger partial charge in [-0.2, -0.15) is 0 Å². The Labute approximate surface area is 203 Å². The number of hydrogen-bond donors (Lipinski definition) is 1. The molecule has 2 heterocycles. The number of carbonyl (C=O) groups excluding carboxylic acids is 2. The molecule has 7 nitrogen and oxygen atoms in total. The molecule has 0 unspecified atom stereocenters. The number of methoxy groups -OCH3 is 1. The number of esters is 1. The lowest BCUT2D eigenvalue weighted by atomic mass is 10.0. The molecule has 35 heavy (non-hydrogen) atoms. The Morgan fingerprint density at radius 2 is 1.66 bits per heavy atom. The van der Waals surface area contributed by atoms with Crippen LogP contribution in [0.4, 0.5) is 10.5 Å². The number of aromatic amines is 1. The molecule has 1 aliphatic rings. The Kier molecular flexibility index (Phi) is 6.50. The van der Waals surface area contributed by atoms with Gasteiger partial charge in [-0.25, -0.2) is 9.59 Å². The molecule has 0 bridgehead atoms. The fourth-order valence-electron chi connectivity index (χ4n) is 4.31. The number of H-pyrrole nitrogens is 1. The topological polar surface area (TPSA) is 74.9 Å². The Morgan fingerprint density at radius 1 is 0.943 bits per heavy atom. The first-order valence-electron chi connectivity index (χ1n) is 11.6. The number of nitrogens with zero attached hydrogens (tertiary/aromatic N) is 2. The molecule has 178 valence electrons. The van der Waals surface area contributed by atoms with E-state index in [-0.39, 0.29) is 12.0 Å². The number of amides is 2. The van der Waals surface area contributed by atoms with E-state index >= 15 is 0 Å². The lowest BCUT2D eigenvalue weighted by Gasteiger charge is -2.33. The summed E-state index contributed by atoms with van der Waals surface area (Å²) in [6, 6.07) is 23.5. The van der Waals surface area contributed by atoms with Crippen LogP contribution in [0.1, 0.15) is 15.9 Å². The van der Waals surface area contributed by atoms with Gasteiger partial charge in [-0.15, -0.1) is 0 Å². The van der Waals surface area contributed by atoms with E-state index in [1.807, 2.05) is 47.5 Å². The summed E-state index contributed by atoms with van der Waals surface area (Å²) in [5.41, 5.74) is 5.51. The summed E-state index contributed by atoms with van der Waals surface area (Å²) in [4.78, 5) is 32.1. The van der Waals surface area contributed by atoms with Gasteiger partial charge in [0.25, 0.3) is 0 Å². The second kappa shape index (κ2) is 10.0. The SMILES string of the molecule is COC(=O)c1ccc(CN(C(=O)N2CCOCC2)c2ccc(-c3ccc4[nH]ccc4c3)cc2)cc1. The zero-order valence-corrected chi connectivity index (χ0v) is 19.6. The largest absolute Gasteiger partial charge is 0.465 e. The maximum atomic E-state index is 13.5. The number of aromatic nitrogens is 1. The lowest BCUT2D eigenvalue weighted by Crippen LogP contribution is -2.48. The van der Waals surface area contributed by atoms with Crippen LogP contribution >= 0.6 is 0 Å². The van der Waals surface area contributed by atoms with Gasteiger partial charge in [0.1, 0.15) is 0 Å². The summed E-state index contributed by atoms with van der Waals surface area (Å²) in [5.74, 6) is -0.383. The fraction of sp³-hybridized carbons (Fsp3) is 0.214. The summed E-state index contributed by atoms with van der Waals surface area (Å²) in [5, 5.41) is 1.16. The smallest absolute Gasteiger partial charge is 0.337 e. The number of fused-ring (bicyclic) bond motifs is 1. The minimum atomic E-state index is -0.383. The second-order valence-electron chi connectivity index (χ2n) is 8.48. The minimum absolute atomic E-state index is 0.0631. The van der Waals surface area contributed by atoms with Crippen LogP contribution in [0.5, 0.6) is 0 Å². The van der Waals surface area contributed by atoms with Gasteiger partial charge in [-0.05, 0) is 64.5 Å². The third kappa shape index (κ3) is 4.90. The highest BCUT2D eigenvalue weighted by Crippen LogP contribution is 2.28. The van der Waals surface area contributed by atoms with Crippen LogP contribution in [0.2, 0.25) is 0 Å². The van der Waals surface area contributed by atoms with E-state index in [2.05, 4.69) is 29.2 Å². The Hall–Kier alpha value is -4.10. The van der Waals surface area contributed by atoms with Gasteiger partial charge < -0.3 is 19.4 Å². The first-order chi connectivity index (χ1) is 17.1. The number of urea groups is 1. The molecule has 4 aromatic rings. The van der Waals surface area contributed by atoms with Crippen molar-refractivity contribution < 1.29 is 19.1 Å². The van der Waals surface area contributed by atoms with E-state index in [4.69, 9.17) is 9.47 Å². The number of morpholine rings is 1. The van der Waals surface area contributed by atoms with Gasteiger partial charge in [0, 0.05) is 30.5 Å². The third-order valence-electron chi connectivity index (χ3n) is 6.29. The van der Waals surface area contributed by atoms with E-state index in [1.165, 1.54) is 7.11 Å². The van der Waals surface area contributed by atoms with Gasteiger partial charge in [0.05, 0.1) is 32.4 Å². The standard InChI is InChI=1S/C28H27N3O4/c1-34-27(32)22-4-2-20(3-5-22)19-31(28(33)30-14-16-35-17-15-30)25-9-6-21(7-10-25)23-8-11-26-24(18-23)12-13-29-26/h2-13,18,29H,14-17,19H2,1H3. The number of benzene rings is 3. The Morgan fingerprint density at radius 3 is 2.37 bits per heavy atom. The third-order valence-corrected chi connectivity index (χ3v) is 6.29. The molecular formula is C28H27N3O4. The van der Waals surface area contributed by atoms with Crippen LogP contribution in [0.15, 0.2) is 79.0 Å². The molecule has 2 amide bonds. The molecule has 0 saturated carbocycles. The monoisotopic (exact) mass is 469 g/mol. The Bertz CT molecular complexity index is 1320. The average Bonchev–Trinajstić information content (AvgIpc) is 3.40. The molecule has 1 fully saturated rings. The first-order valence-corrected chi connectivity index (χ1v) is 11.6. The highest BCUT2D eigenvalue weighted by Gasteiger charge is 2.24. The number of ether oxygens (including phenoxy) is 2. The average molecular weight is 470 g/mol. The molecule has 1 N–H and O–H groups in total. The normalized spacial score (nSPS) is 13.6. The van der Waals surface area contributed by atoms with E-state index in [9.17, 15) is 9.59 Å². The molecule has 1 saturated heterocycles. The van der Waals surface area contributed by atoms with Gasteiger partial charge in [-0.3, -0.25) is 4.90 Å². The number of nitrogens with one attached hydrogen (secondary N) is 1. The molecule has 0 radical (unpaired) electrons. The molecule has 0 atom stereocenters. The predicted octanol–water partition coefficient (Wildman–Crippen LogP) is 5.08. The quantitative estimate of drug-likeness (QED) is 0.414. The van der Waals surface area contributed by atoms with Gasteiger partial charge in [0.2, 0.25) is 0 Å². The zero-order chi connectivity index (χ0) is 24.2. The van der Waals surface area contributed by atoms with E-state index in [0.29, 0.717) is 38.4 Å². The summed E-state index contributed by atoms with van der Waals surface area (Å²) in [6.07, 6.45) is 1.93. The van der Waals surface area contributed by atoms with Crippen molar-refractivity contribution in [3.8, 4) is 11.1 Å². The van der Waals surface area contributed by atoms with Crippen molar-refractivity contribution in [2.24, 2.45) is 0 Å². The van der Waals surface area contributed by atoms with Gasteiger partial charge in [-0.1, -0.05) is 30.3 Å². The van der Waals surface area contributed by atoms with Crippen LogP contribution in [0, 0.1) is 0 Å². The summed E-state index contributed by atoms with van der Waals surface area (Å²) < 4.78 is 10.2. The molecule has 1 aliphatic heterocycles. The maximum Gasteiger partial charge on any atom is 0.337 e. The highest BCUT2D eigenvalue weighted by molar-refractivity contribution is 5.93. The predicted molar refractivity (Wildman–Crippen MR) is 135 cm³/mol. The highest BCUT2D eigenvalue weighted by atomic mass is 16.5. The molecule has 5 rings (SSSR count).